The van der Waals surface area contributed by atoms with Crippen LogP contribution in [0.1, 0.15) is 12.8 Å². The number of sulfonamides is 1. The van der Waals surface area contributed by atoms with E-state index >= 15 is 0 Å². The highest BCUT2D eigenvalue weighted by atomic mass is 32.2. The molecule has 1 aliphatic rings. The van der Waals surface area contributed by atoms with E-state index in [1.807, 2.05) is 24.1 Å². The van der Waals surface area contributed by atoms with Crippen LogP contribution in [0.5, 0.6) is 0 Å². The van der Waals surface area contributed by atoms with Crippen molar-refractivity contribution in [2.75, 3.05) is 29.9 Å². The maximum Gasteiger partial charge on any atom is 0.249 e. The molecule has 1 fully saturated rings. The summed E-state index contributed by atoms with van der Waals surface area (Å²) in [5.41, 5.74) is 0. The smallest absolute Gasteiger partial charge is 0.249 e. The van der Waals surface area contributed by atoms with Gasteiger partial charge in [0.15, 0.2) is 15.2 Å². The van der Waals surface area contributed by atoms with Crippen molar-refractivity contribution in [1.29, 1.82) is 0 Å². The zero-order valence-corrected chi connectivity index (χ0v) is 14.3. The van der Waals surface area contributed by atoms with Crippen LogP contribution in [-0.2, 0) is 10.0 Å². The average Bonchev–Trinajstić information content (AvgIpc) is 3.16. The van der Waals surface area contributed by atoms with Gasteiger partial charge in [-0.1, -0.05) is 11.3 Å². The summed E-state index contributed by atoms with van der Waals surface area (Å²) >= 11 is 1.08. The Morgan fingerprint density at radius 1 is 1.52 bits per heavy atom. The number of aromatic nitrogens is 3. The van der Waals surface area contributed by atoms with Gasteiger partial charge in [-0.05, 0) is 25.0 Å². The zero-order valence-electron chi connectivity index (χ0n) is 12.7. The molecule has 0 saturated carbocycles. The topological polar surface area (TPSA) is 105 Å². The van der Waals surface area contributed by atoms with Gasteiger partial charge in [0, 0.05) is 32.4 Å². The van der Waals surface area contributed by atoms with Gasteiger partial charge in [0.05, 0.1) is 6.20 Å². The maximum atomic E-state index is 11.4. The van der Waals surface area contributed by atoms with E-state index in [9.17, 15) is 8.42 Å². The van der Waals surface area contributed by atoms with Gasteiger partial charge >= 0.3 is 0 Å². The SMILES string of the molecule is CN(CC1CCCN1c1cccnn1)c1ncc(S(N)(=O)=O)s1. The maximum absolute atomic E-state index is 11.4. The standard InChI is InChI=1S/C13H18N6O2S2/c1-18(13-15-8-12(22-13)23(14,20)21)9-10-4-3-7-19(10)11-5-2-6-16-17-11/h2,5-6,8,10H,3-4,7,9H2,1H3,(H2,14,20,21). The van der Waals surface area contributed by atoms with E-state index in [0.717, 1.165) is 43.1 Å². The molecule has 0 amide bonds. The van der Waals surface area contributed by atoms with Crippen molar-refractivity contribution in [3.05, 3.63) is 24.5 Å². The lowest BCUT2D eigenvalue weighted by molar-refractivity contribution is 0.599. The number of rotatable bonds is 5. The first-order chi connectivity index (χ1) is 10.9. The number of hydrogen-bond acceptors (Lipinski definition) is 8. The van der Waals surface area contributed by atoms with Crippen LogP contribution in [-0.4, -0.2) is 49.8 Å². The van der Waals surface area contributed by atoms with Crippen LogP contribution in [0, 0.1) is 0 Å². The van der Waals surface area contributed by atoms with Crippen LogP contribution in [0.3, 0.4) is 0 Å². The van der Waals surface area contributed by atoms with Crippen LogP contribution in [0.2, 0.25) is 0 Å². The van der Waals surface area contributed by atoms with Crippen LogP contribution >= 0.6 is 11.3 Å². The van der Waals surface area contributed by atoms with Crippen LogP contribution in [0.4, 0.5) is 10.9 Å². The highest BCUT2D eigenvalue weighted by molar-refractivity contribution is 7.91. The van der Waals surface area contributed by atoms with E-state index in [4.69, 9.17) is 5.14 Å². The number of hydrogen-bond donors (Lipinski definition) is 1. The van der Waals surface area contributed by atoms with Crippen LogP contribution in [0.25, 0.3) is 0 Å². The third-order valence-corrected chi connectivity index (χ3v) is 6.31. The monoisotopic (exact) mass is 354 g/mol. The molecule has 0 radical (unpaired) electrons. The minimum Gasteiger partial charge on any atom is -0.350 e. The second-order valence-corrected chi connectivity index (χ2v) is 8.26. The van der Waals surface area contributed by atoms with Gasteiger partial charge in [-0.15, -0.1) is 5.10 Å². The van der Waals surface area contributed by atoms with E-state index in [2.05, 4.69) is 20.1 Å². The first-order valence-electron chi connectivity index (χ1n) is 7.19. The van der Waals surface area contributed by atoms with Crippen molar-refractivity contribution >= 4 is 32.3 Å². The number of likely N-dealkylation sites (N-methyl/N-ethyl adjacent to an activating group) is 1. The molecule has 2 aromatic heterocycles. The molecule has 0 aromatic carbocycles. The Labute approximate surface area is 139 Å². The largest absolute Gasteiger partial charge is 0.350 e. The predicted molar refractivity (Wildman–Crippen MR) is 89.2 cm³/mol. The molecule has 23 heavy (non-hydrogen) atoms. The molecular formula is C13H18N6O2S2. The highest BCUT2D eigenvalue weighted by Crippen LogP contribution is 2.28. The molecule has 2 N–H and O–H groups in total. The minimum atomic E-state index is -3.70. The van der Waals surface area contributed by atoms with Gasteiger partial charge in [0.2, 0.25) is 10.0 Å². The third kappa shape index (κ3) is 3.59. The fourth-order valence-corrected chi connectivity index (χ4v) is 4.24. The van der Waals surface area contributed by atoms with E-state index < -0.39 is 10.0 Å². The molecule has 3 rings (SSSR count). The minimum absolute atomic E-state index is 0.0801. The molecule has 0 aliphatic carbocycles. The summed E-state index contributed by atoms with van der Waals surface area (Å²) in [4.78, 5) is 8.35. The number of nitrogens with two attached hydrogens (primary N) is 1. The predicted octanol–water partition coefficient (Wildman–Crippen LogP) is 0.686. The second-order valence-electron chi connectivity index (χ2n) is 5.46. The van der Waals surface area contributed by atoms with E-state index in [-0.39, 0.29) is 4.21 Å². The lowest BCUT2D eigenvalue weighted by atomic mass is 10.2. The average molecular weight is 354 g/mol. The molecular weight excluding hydrogens is 336 g/mol. The quantitative estimate of drug-likeness (QED) is 0.842. The Balaban J connectivity index is 1.72. The van der Waals surface area contributed by atoms with E-state index in [0.29, 0.717) is 11.2 Å². The molecule has 3 heterocycles. The van der Waals surface area contributed by atoms with Crippen molar-refractivity contribution < 1.29 is 8.42 Å². The second kappa shape index (κ2) is 6.38. The van der Waals surface area contributed by atoms with Crippen molar-refractivity contribution in [1.82, 2.24) is 15.2 Å². The Bertz CT molecular complexity index is 764. The molecule has 0 bridgehead atoms. The van der Waals surface area contributed by atoms with Gasteiger partial charge in [-0.2, -0.15) is 5.10 Å². The van der Waals surface area contributed by atoms with Crippen LogP contribution in [0.15, 0.2) is 28.7 Å². The summed E-state index contributed by atoms with van der Waals surface area (Å²) in [5, 5.41) is 13.9. The molecule has 0 spiro atoms. The molecule has 1 aliphatic heterocycles. The van der Waals surface area contributed by atoms with Gasteiger partial charge < -0.3 is 9.80 Å². The number of anilines is 2. The fourth-order valence-electron chi connectivity index (χ4n) is 2.73. The van der Waals surface area contributed by atoms with Gasteiger partial charge in [0.25, 0.3) is 0 Å². The molecule has 1 unspecified atom stereocenters. The number of nitrogens with zero attached hydrogens (tertiary/aromatic N) is 5. The summed E-state index contributed by atoms with van der Waals surface area (Å²) in [6.45, 7) is 1.67. The van der Waals surface area contributed by atoms with E-state index in [1.54, 1.807) is 6.20 Å². The summed E-state index contributed by atoms with van der Waals surface area (Å²) in [6, 6.07) is 4.12. The van der Waals surface area contributed by atoms with Crippen molar-refractivity contribution in [2.24, 2.45) is 5.14 Å². The Morgan fingerprint density at radius 2 is 2.35 bits per heavy atom. The molecule has 1 saturated heterocycles. The van der Waals surface area contributed by atoms with Crippen molar-refractivity contribution in [2.45, 2.75) is 23.1 Å². The summed E-state index contributed by atoms with van der Waals surface area (Å²) in [7, 11) is -1.79. The highest BCUT2D eigenvalue weighted by Gasteiger charge is 2.27. The summed E-state index contributed by atoms with van der Waals surface area (Å²) in [6.07, 6.45) is 5.11. The van der Waals surface area contributed by atoms with Crippen molar-refractivity contribution in [3.8, 4) is 0 Å². The van der Waals surface area contributed by atoms with E-state index in [1.165, 1.54) is 6.20 Å². The Hall–Kier alpha value is -1.78. The van der Waals surface area contributed by atoms with Gasteiger partial charge in [-0.25, -0.2) is 18.5 Å². The number of thiazole rings is 1. The first-order valence-corrected chi connectivity index (χ1v) is 9.55. The summed E-state index contributed by atoms with van der Waals surface area (Å²) < 4.78 is 22.8. The zero-order chi connectivity index (χ0) is 16.4. The summed E-state index contributed by atoms with van der Waals surface area (Å²) in [5.74, 6) is 0.868. The van der Waals surface area contributed by atoms with Crippen molar-refractivity contribution in [3.63, 3.8) is 0 Å². The molecule has 1 atom stereocenters. The molecule has 2 aromatic rings. The fraction of sp³-hybridized carbons (Fsp3) is 0.462. The first kappa shape index (κ1) is 16.1. The third-order valence-electron chi connectivity index (χ3n) is 3.79. The Kier molecular flexibility index (Phi) is 4.46. The normalized spacial score (nSPS) is 18.3. The van der Waals surface area contributed by atoms with Gasteiger partial charge in [0.1, 0.15) is 0 Å². The lowest BCUT2D eigenvalue weighted by Gasteiger charge is -2.29. The molecule has 8 nitrogen and oxygen atoms in total. The lowest BCUT2D eigenvalue weighted by Crippen LogP contribution is -2.39. The molecule has 10 heteroatoms. The number of primary sulfonamides is 1. The Morgan fingerprint density at radius 3 is 3.00 bits per heavy atom. The van der Waals surface area contributed by atoms with Gasteiger partial charge in [-0.3, -0.25) is 0 Å². The molecule has 124 valence electrons. The van der Waals surface area contributed by atoms with Crippen LogP contribution < -0.4 is 14.9 Å².